The molecule has 2 nitrogen and oxygen atoms in total. The van der Waals surface area contributed by atoms with Crippen molar-refractivity contribution in [3.05, 3.63) is 0 Å². The molecule has 0 saturated carbocycles. The molecular weight excluding hydrogens is 224 g/mol. The first kappa shape index (κ1) is 14.3. The quantitative estimate of drug-likeness (QED) is 0.452. The van der Waals surface area contributed by atoms with E-state index in [1.807, 2.05) is 0 Å². The topological polar surface area (TPSA) is 18.5 Å². The molecule has 0 amide bonds. The van der Waals surface area contributed by atoms with Crippen LogP contribution in [0.4, 0.5) is 0 Å². The number of alkyl halides is 1. The lowest BCUT2D eigenvalue weighted by atomic mass is 10.1. The van der Waals surface area contributed by atoms with Gasteiger partial charge in [-0.15, -0.1) is 11.6 Å². The van der Waals surface area contributed by atoms with Crippen molar-refractivity contribution in [3.63, 3.8) is 0 Å². The fourth-order valence-corrected chi connectivity index (χ4v) is 2.15. The number of unbranched alkanes of at least 4 members (excludes halogenated alkanes) is 5. The zero-order valence-electron chi connectivity index (χ0n) is 10.3. The molecule has 1 rings (SSSR count). The van der Waals surface area contributed by atoms with Crippen LogP contribution in [0.5, 0.6) is 0 Å². The molecule has 16 heavy (non-hydrogen) atoms. The van der Waals surface area contributed by atoms with Crippen molar-refractivity contribution in [1.82, 2.24) is 0 Å². The second-order valence-electron chi connectivity index (χ2n) is 4.48. The van der Waals surface area contributed by atoms with Crippen LogP contribution in [0.15, 0.2) is 0 Å². The fourth-order valence-electron chi connectivity index (χ4n) is 1.96. The molecule has 0 aliphatic carbocycles. The van der Waals surface area contributed by atoms with E-state index in [1.54, 1.807) is 0 Å². The lowest BCUT2D eigenvalue weighted by Gasteiger charge is -2.22. The second-order valence-corrected chi connectivity index (χ2v) is 4.86. The zero-order chi connectivity index (χ0) is 11.5. The van der Waals surface area contributed by atoms with Gasteiger partial charge < -0.3 is 9.47 Å². The average molecular weight is 249 g/mol. The van der Waals surface area contributed by atoms with Gasteiger partial charge in [-0.25, -0.2) is 0 Å². The molecule has 96 valence electrons. The van der Waals surface area contributed by atoms with Crippen molar-refractivity contribution in [1.29, 1.82) is 0 Å². The third kappa shape index (κ3) is 7.48. The zero-order valence-corrected chi connectivity index (χ0v) is 11.0. The van der Waals surface area contributed by atoms with E-state index in [4.69, 9.17) is 21.1 Å². The van der Waals surface area contributed by atoms with E-state index < -0.39 is 0 Å². The third-order valence-corrected chi connectivity index (χ3v) is 3.24. The molecule has 1 saturated heterocycles. The molecule has 1 atom stereocenters. The van der Waals surface area contributed by atoms with Gasteiger partial charge in [-0.2, -0.15) is 0 Å². The minimum Gasteiger partial charge on any atom is -0.353 e. The van der Waals surface area contributed by atoms with Crippen LogP contribution >= 0.6 is 11.6 Å². The van der Waals surface area contributed by atoms with E-state index in [9.17, 15) is 0 Å². The lowest BCUT2D eigenvalue weighted by molar-refractivity contribution is -0.162. The summed E-state index contributed by atoms with van der Waals surface area (Å²) in [5.74, 6) is 0.808. The summed E-state index contributed by atoms with van der Waals surface area (Å²) >= 11 is 5.62. The van der Waals surface area contributed by atoms with Crippen molar-refractivity contribution in [2.24, 2.45) is 0 Å². The highest BCUT2D eigenvalue weighted by Gasteiger charge is 2.12. The Balaban J connectivity index is 1.77. The number of hydrogen-bond donors (Lipinski definition) is 0. The summed E-state index contributed by atoms with van der Waals surface area (Å²) in [7, 11) is 0. The molecule has 1 aliphatic rings. The standard InChI is InChI=1S/C13H25ClO2/c14-10-6-3-1-2-4-7-11-15-13-9-5-8-12-16-13/h13H,1-12H2. The molecule has 0 N–H and O–H groups in total. The summed E-state index contributed by atoms with van der Waals surface area (Å²) in [6.07, 6.45) is 11.1. The number of hydrogen-bond acceptors (Lipinski definition) is 2. The van der Waals surface area contributed by atoms with Gasteiger partial charge in [-0.1, -0.05) is 25.7 Å². The third-order valence-electron chi connectivity index (χ3n) is 2.97. The van der Waals surface area contributed by atoms with Crippen molar-refractivity contribution in [2.45, 2.75) is 64.1 Å². The van der Waals surface area contributed by atoms with Crippen LogP contribution in [-0.2, 0) is 9.47 Å². The largest absolute Gasteiger partial charge is 0.353 e. The summed E-state index contributed by atoms with van der Waals surface area (Å²) in [6.45, 7) is 1.74. The molecular formula is C13H25ClO2. The Hall–Kier alpha value is 0.210. The Labute approximate surface area is 105 Å². The predicted octanol–water partition coefficient (Wildman–Crippen LogP) is 4.11. The fraction of sp³-hybridized carbons (Fsp3) is 1.00. The second kappa shape index (κ2) is 10.4. The van der Waals surface area contributed by atoms with Crippen molar-refractivity contribution >= 4 is 11.6 Å². The number of ether oxygens (including phenoxy) is 2. The first-order valence-electron chi connectivity index (χ1n) is 6.72. The maximum absolute atomic E-state index is 5.67. The van der Waals surface area contributed by atoms with Crippen LogP contribution in [-0.4, -0.2) is 25.4 Å². The van der Waals surface area contributed by atoms with E-state index in [1.165, 1.54) is 44.9 Å². The van der Waals surface area contributed by atoms with E-state index >= 15 is 0 Å². The highest BCUT2D eigenvalue weighted by atomic mass is 35.5. The molecule has 1 aliphatic heterocycles. The van der Waals surface area contributed by atoms with Crippen molar-refractivity contribution < 1.29 is 9.47 Å². The minimum absolute atomic E-state index is 0.0880. The van der Waals surface area contributed by atoms with Gasteiger partial charge in [0.25, 0.3) is 0 Å². The maximum Gasteiger partial charge on any atom is 0.157 e. The molecule has 1 fully saturated rings. The lowest BCUT2D eigenvalue weighted by Crippen LogP contribution is -2.22. The molecule has 0 radical (unpaired) electrons. The molecule has 0 aromatic rings. The highest BCUT2D eigenvalue weighted by Crippen LogP contribution is 2.14. The van der Waals surface area contributed by atoms with Crippen molar-refractivity contribution in [3.8, 4) is 0 Å². The van der Waals surface area contributed by atoms with Gasteiger partial charge in [0.15, 0.2) is 6.29 Å². The molecule has 3 heteroatoms. The highest BCUT2D eigenvalue weighted by molar-refractivity contribution is 6.17. The van der Waals surface area contributed by atoms with Gasteiger partial charge in [-0.05, 0) is 32.1 Å². The van der Waals surface area contributed by atoms with Crippen LogP contribution in [0.1, 0.15) is 57.8 Å². The summed E-state index contributed by atoms with van der Waals surface area (Å²) in [4.78, 5) is 0. The van der Waals surface area contributed by atoms with Gasteiger partial charge in [-0.3, -0.25) is 0 Å². The summed E-state index contributed by atoms with van der Waals surface area (Å²) in [6, 6.07) is 0. The van der Waals surface area contributed by atoms with Crippen LogP contribution in [0.25, 0.3) is 0 Å². The summed E-state index contributed by atoms with van der Waals surface area (Å²) in [5.41, 5.74) is 0. The Morgan fingerprint density at radius 3 is 2.44 bits per heavy atom. The Morgan fingerprint density at radius 2 is 1.75 bits per heavy atom. The molecule has 1 heterocycles. The molecule has 0 aromatic carbocycles. The van der Waals surface area contributed by atoms with Crippen LogP contribution in [0.3, 0.4) is 0 Å². The Morgan fingerprint density at radius 1 is 1.00 bits per heavy atom. The number of halogens is 1. The predicted molar refractivity (Wildman–Crippen MR) is 68.0 cm³/mol. The van der Waals surface area contributed by atoms with Crippen LogP contribution < -0.4 is 0 Å². The summed E-state index contributed by atoms with van der Waals surface area (Å²) < 4.78 is 11.2. The van der Waals surface area contributed by atoms with Crippen molar-refractivity contribution in [2.75, 3.05) is 19.1 Å². The van der Waals surface area contributed by atoms with Gasteiger partial charge in [0, 0.05) is 19.1 Å². The van der Waals surface area contributed by atoms with E-state index in [0.717, 1.165) is 31.9 Å². The summed E-state index contributed by atoms with van der Waals surface area (Å²) in [5, 5.41) is 0. The molecule has 1 unspecified atom stereocenters. The molecule has 0 bridgehead atoms. The normalized spacial score (nSPS) is 21.2. The SMILES string of the molecule is ClCCCCCCCCOC1CCCCO1. The van der Waals surface area contributed by atoms with Gasteiger partial charge in [0.2, 0.25) is 0 Å². The first-order valence-corrected chi connectivity index (χ1v) is 7.26. The minimum atomic E-state index is 0.0880. The van der Waals surface area contributed by atoms with Gasteiger partial charge in [0.05, 0.1) is 0 Å². The monoisotopic (exact) mass is 248 g/mol. The van der Waals surface area contributed by atoms with E-state index in [-0.39, 0.29) is 6.29 Å². The molecule has 0 aromatic heterocycles. The maximum atomic E-state index is 5.67. The van der Waals surface area contributed by atoms with Gasteiger partial charge >= 0.3 is 0 Å². The van der Waals surface area contributed by atoms with E-state index in [2.05, 4.69) is 0 Å². The van der Waals surface area contributed by atoms with Crippen LogP contribution in [0, 0.1) is 0 Å². The van der Waals surface area contributed by atoms with E-state index in [0.29, 0.717) is 0 Å². The smallest absolute Gasteiger partial charge is 0.157 e. The Bertz CT molecular complexity index is 147. The molecule has 0 spiro atoms. The average Bonchev–Trinajstić information content (AvgIpc) is 2.34. The number of rotatable bonds is 9. The van der Waals surface area contributed by atoms with Crippen LogP contribution in [0.2, 0.25) is 0 Å². The first-order chi connectivity index (χ1) is 7.93. The van der Waals surface area contributed by atoms with Gasteiger partial charge in [0.1, 0.15) is 0 Å². The Kier molecular flexibility index (Phi) is 9.25.